The zero-order chi connectivity index (χ0) is 17.7. The number of nitrogens with one attached hydrogen (secondary N) is 1. The highest BCUT2D eigenvalue weighted by molar-refractivity contribution is 7.89. The summed E-state index contributed by atoms with van der Waals surface area (Å²) >= 11 is 0. The number of carbonyl (C=O) groups excluding carboxylic acids is 1. The Labute approximate surface area is 154 Å². The molecule has 9 heteroatoms. The van der Waals surface area contributed by atoms with Crippen molar-refractivity contribution < 1.29 is 22.3 Å². The van der Waals surface area contributed by atoms with Gasteiger partial charge in [0.05, 0.1) is 17.1 Å². The van der Waals surface area contributed by atoms with Crippen LogP contribution in [0.4, 0.5) is 4.39 Å². The van der Waals surface area contributed by atoms with E-state index in [-0.39, 0.29) is 29.5 Å². The summed E-state index contributed by atoms with van der Waals surface area (Å²) in [5.41, 5.74) is -0.0968. The molecule has 0 atom stereocenters. The minimum atomic E-state index is -3.83. The van der Waals surface area contributed by atoms with Gasteiger partial charge in [-0.3, -0.25) is 0 Å². The van der Waals surface area contributed by atoms with Crippen LogP contribution in [-0.4, -0.2) is 52.0 Å². The van der Waals surface area contributed by atoms with Crippen LogP contribution in [0.15, 0.2) is 23.1 Å². The molecule has 0 amide bonds. The highest BCUT2D eigenvalue weighted by Gasteiger charge is 2.30. The maximum atomic E-state index is 13.8. The van der Waals surface area contributed by atoms with E-state index in [0.29, 0.717) is 19.0 Å². The standard InChI is InChI=1S/C16H23FN2O4S.ClH/c1-3-23-16(20)13-8-14(17)10-15(9-13)24(21,22)19-6-4-12(5-7-19)11-18-2;/h8-10,12,18H,3-7,11H2,1-2H3;1H. The van der Waals surface area contributed by atoms with Gasteiger partial charge < -0.3 is 10.1 Å². The van der Waals surface area contributed by atoms with Gasteiger partial charge in [0, 0.05) is 13.1 Å². The van der Waals surface area contributed by atoms with Crippen LogP contribution in [0, 0.1) is 11.7 Å². The van der Waals surface area contributed by atoms with Gasteiger partial charge in [0.15, 0.2) is 0 Å². The first-order valence-corrected chi connectivity index (χ1v) is 9.45. The fraction of sp³-hybridized carbons (Fsp3) is 0.562. The maximum Gasteiger partial charge on any atom is 0.338 e. The number of nitrogens with zero attached hydrogens (tertiary/aromatic N) is 1. The average molecular weight is 395 g/mol. The smallest absolute Gasteiger partial charge is 0.338 e. The number of benzene rings is 1. The second-order valence-electron chi connectivity index (χ2n) is 5.80. The van der Waals surface area contributed by atoms with E-state index in [4.69, 9.17) is 4.74 Å². The lowest BCUT2D eigenvalue weighted by molar-refractivity contribution is 0.0525. The highest BCUT2D eigenvalue weighted by atomic mass is 35.5. The summed E-state index contributed by atoms with van der Waals surface area (Å²) in [7, 11) is -1.96. The Hall–Kier alpha value is -1.22. The van der Waals surface area contributed by atoms with Crippen LogP contribution < -0.4 is 5.32 Å². The van der Waals surface area contributed by atoms with Gasteiger partial charge in [0.25, 0.3) is 0 Å². The third kappa shape index (κ3) is 5.37. The summed E-state index contributed by atoms with van der Waals surface area (Å²) in [6.07, 6.45) is 1.50. The summed E-state index contributed by atoms with van der Waals surface area (Å²) < 4.78 is 45.4. The van der Waals surface area contributed by atoms with Crippen molar-refractivity contribution in [2.75, 3.05) is 33.3 Å². The molecule has 2 rings (SSSR count). The molecule has 0 bridgehead atoms. The summed E-state index contributed by atoms with van der Waals surface area (Å²) in [4.78, 5) is 11.6. The zero-order valence-corrected chi connectivity index (χ0v) is 16.0. The number of rotatable bonds is 6. The van der Waals surface area contributed by atoms with Crippen LogP contribution >= 0.6 is 12.4 Å². The van der Waals surface area contributed by atoms with Crippen molar-refractivity contribution in [1.82, 2.24) is 9.62 Å². The molecule has 0 radical (unpaired) electrons. The van der Waals surface area contributed by atoms with Gasteiger partial charge in [0.2, 0.25) is 10.0 Å². The zero-order valence-electron chi connectivity index (χ0n) is 14.3. The first-order valence-electron chi connectivity index (χ1n) is 8.01. The van der Waals surface area contributed by atoms with E-state index in [1.54, 1.807) is 6.92 Å². The quantitative estimate of drug-likeness (QED) is 0.747. The molecule has 1 aromatic carbocycles. The SMILES string of the molecule is CCOC(=O)c1cc(F)cc(S(=O)(=O)N2CCC(CNC)CC2)c1.Cl. The van der Waals surface area contributed by atoms with E-state index in [0.717, 1.165) is 31.5 Å². The molecule has 1 aliphatic heterocycles. The van der Waals surface area contributed by atoms with Crippen LogP contribution in [0.2, 0.25) is 0 Å². The van der Waals surface area contributed by atoms with Gasteiger partial charge in [-0.1, -0.05) is 0 Å². The minimum Gasteiger partial charge on any atom is -0.462 e. The highest BCUT2D eigenvalue weighted by Crippen LogP contribution is 2.25. The molecule has 6 nitrogen and oxygen atoms in total. The van der Waals surface area contributed by atoms with E-state index in [9.17, 15) is 17.6 Å². The molecule has 0 spiro atoms. The molecular weight excluding hydrogens is 371 g/mol. The monoisotopic (exact) mass is 394 g/mol. The van der Waals surface area contributed by atoms with Gasteiger partial charge in [-0.2, -0.15) is 4.31 Å². The topological polar surface area (TPSA) is 75.7 Å². The van der Waals surface area contributed by atoms with Crippen LogP contribution in [0.25, 0.3) is 0 Å². The molecule has 0 unspecified atom stereocenters. The average Bonchev–Trinajstić information content (AvgIpc) is 2.55. The molecule has 1 aliphatic rings. The summed E-state index contributed by atoms with van der Waals surface area (Å²) in [6, 6.07) is 3.10. The van der Waals surface area contributed by atoms with Gasteiger partial charge in [-0.25, -0.2) is 17.6 Å². The number of halogens is 2. The first kappa shape index (κ1) is 21.8. The van der Waals surface area contributed by atoms with E-state index in [1.165, 1.54) is 10.4 Å². The Bertz CT molecular complexity index is 691. The molecule has 1 heterocycles. The molecule has 25 heavy (non-hydrogen) atoms. The van der Waals surface area contributed by atoms with Gasteiger partial charge in [0.1, 0.15) is 5.82 Å². The molecule has 0 aliphatic carbocycles. The molecule has 1 N–H and O–H groups in total. The summed E-state index contributed by atoms with van der Waals surface area (Å²) in [5.74, 6) is -1.07. The van der Waals surface area contributed by atoms with Crippen molar-refractivity contribution in [3.05, 3.63) is 29.6 Å². The predicted molar refractivity (Wildman–Crippen MR) is 95.0 cm³/mol. The van der Waals surface area contributed by atoms with Crippen molar-refractivity contribution in [2.24, 2.45) is 5.92 Å². The van der Waals surface area contributed by atoms with Crippen molar-refractivity contribution in [1.29, 1.82) is 0 Å². The van der Waals surface area contributed by atoms with Crippen molar-refractivity contribution >= 4 is 28.4 Å². The van der Waals surface area contributed by atoms with Crippen LogP contribution in [-0.2, 0) is 14.8 Å². The minimum absolute atomic E-state index is 0. The normalized spacial score (nSPS) is 16.3. The Morgan fingerprint density at radius 3 is 2.52 bits per heavy atom. The van der Waals surface area contributed by atoms with Crippen LogP contribution in [0.1, 0.15) is 30.1 Å². The van der Waals surface area contributed by atoms with Crippen LogP contribution in [0.5, 0.6) is 0 Å². The molecule has 142 valence electrons. The van der Waals surface area contributed by atoms with E-state index in [2.05, 4.69) is 5.32 Å². The molecular formula is C16H24ClFN2O4S. The fourth-order valence-electron chi connectivity index (χ4n) is 2.84. The van der Waals surface area contributed by atoms with E-state index >= 15 is 0 Å². The summed E-state index contributed by atoms with van der Waals surface area (Å²) in [5, 5.41) is 3.09. The number of hydrogen-bond acceptors (Lipinski definition) is 5. The van der Waals surface area contributed by atoms with Crippen molar-refractivity contribution in [2.45, 2.75) is 24.7 Å². The second-order valence-corrected chi connectivity index (χ2v) is 7.74. The first-order chi connectivity index (χ1) is 11.4. The fourth-order valence-corrected chi connectivity index (χ4v) is 4.36. The second kappa shape index (κ2) is 9.47. The maximum absolute atomic E-state index is 13.8. The number of sulfonamides is 1. The largest absolute Gasteiger partial charge is 0.462 e. The third-order valence-corrected chi connectivity index (χ3v) is 5.96. The number of carbonyl (C=O) groups is 1. The van der Waals surface area contributed by atoms with E-state index < -0.39 is 21.8 Å². The molecule has 1 saturated heterocycles. The number of piperidine rings is 1. The summed E-state index contributed by atoms with van der Waals surface area (Å²) in [6.45, 7) is 3.39. The Balaban J connectivity index is 0.00000312. The molecule has 0 saturated carbocycles. The van der Waals surface area contributed by atoms with Gasteiger partial charge in [-0.05, 0) is 57.5 Å². The van der Waals surface area contributed by atoms with Gasteiger partial charge >= 0.3 is 5.97 Å². The third-order valence-electron chi connectivity index (χ3n) is 4.09. The number of ether oxygens (including phenoxy) is 1. The lowest BCUT2D eigenvalue weighted by Gasteiger charge is -2.31. The lowest BCUT2D eigenvalue weighted by atomic mass is 9.98. The predicted octanol–water partition coefficient (Wildman–Crippen LogP) is 2.04. The number of esters is 1. The van der Waals surface area contributed by atoms with Crippen molar-refractivity contribution in [3.8, 4) is 0 Å². The lowest BCUT2D eigenvalue weighted by Crippen LogP contribution is -2.40. The van der Waals surface area contributed by atoms with Crippen LogP contribution in [0.3, 0.4) is 0 Å². The van der Waals surface area contributed by atoms with E-state index in [1.807, 2.05) is 7.05 Å². The Morgan fingerprint density at radius 1 is 1.32 bits per heavy atom. The Morgan fingerprint density at radius 2 is 1.96 bits per heavy atom. The number of hydrogen-bond donors (Lipinski definition) is 1. The Kier molecular flexibility index (Phi) is 8.27. The van der Waals surface area contributed by atoms with Gasteiger partial charge in [-0.15, -0.1) is 12.4 Å². The molecule has 1 fully saturated rings. The van der Waals surface area contributed by atoms with Crippen molar-refractivity contribution in [3.63, 3.8) is 0 Å². The molecule has 1 aromatic rings. The molecule has 0 aromatic heterocycles.